The van der Waals surface area contributed by atoms with Crippen LogP contribution in [0.25, 0.3) is 22.2 Å². The van der Waals surface area contributed by atoms with Crippen LogP contribution in [0.1, 0.15) is 18.1 Å². The van der Waals surface area contributed by atoms with Gasteiger partial charge in [-0.05, 0) is 30.2 Å². The average molecular weight is 359 g/mol. The zero-order chi connectivity index (χ0) is 17.9. The van der Waals surface area contributed by atoms with Crippen LogP contribution in [0.5, 0.6) is 0 Å². The third kappa shape index (κ3) is 3.25. The van der Waals surface area contributed by atoms with E-state index in [2.05, 4.69) is 95.3 Å². The van der Waals surface area contributed by atoms with Crippen LogP contribution in [-0.4, -0.2) is 14.8 Å². The summed E-state index contributed by atoms with van der Waals surface area (Å²) in [6.45, 7) is 5.09. The molecule has 1 aromatic heterocycles. The minimum Gasteiger partial charge on any atom is -0.302 e. The van der Waals surface area contributed by atoms with Crippen LogP contribution in [0, 0.1) is 6.92 Å². The van der Waals surface area contributed by atoms with E-state index in [9.17, 15) is 0 Å². The summed E-state index contributed by atoms with van der Waals surface area (Å²) in [4.78, 5) is 0. The number of fused-ring (bicyclic) bond motifs is 1. The van der Waals surface area contributed by atoms with Gasteiger partial charge in [-0.3, -0.25) is 0 Å². The lowest BCUT2D eigenvalue weighted by atomic mass is 10.1. The Balaban J connectivity index is 1.61. The molecule has 4 heteroatoms. The van der Waals surface area contributed by atoms with Gasteiger partial charge in [0.2, 0.25) is 0 Å². The Morgan fingerprint density at radius 1 is 0.885 bits per heavy atom. The van der Waals surface area contributed by atoms with Gasteiger partial charge in [0.25, 0.3) is 0 Å². The van der Waals surface area contributed by atoms with Crippen molar-refractivity contribution in [3.05, 3.63) is 77.9 Å². The van der Waals surface area contributed by atoms with Crippen molar-refractivity contribution in [3.8, 4) is 11.4 Å². The van der Waals surface area contributed by atoms with Gasteiger partial charge in [-0.1, -0.05) is 84.1 Å². The zero-order valence-corrected chi connectivity index (χ0v) is 15.8. The third-order valence-electron chi connectivity index (χ3n) is 4.58. The summed E-state index contributed by atoms with van der Waals surface area (Å²) in [7, 11) is 0. The predicted octanol–water partition coefficient (Wildman–Crippen LogP) is 5.72. The van der Waals surface area contributed by atoms with E-state index < -0.39 is 0 Å². The molecule has 3 nitrogen and oxygen atoms in total. The summed E-state index contributed by atoms with van der Waals surface area (Å²) in [5.41, 5.74) is 3.69. The van der Waals surface area contributed by atoms with Gasteiger partial charge in [0.05, 0.1) is 0 Å². The number of rotatable bonds is 5. The normalized spacial score (nSPS) is 11.2. The van der Waals surface area contributed by atoms with E-state index in [0.717, 1.165) is 28.8 Å². The molecular formula is C22H21N3S. The molecule has 0 saturated heterocycles. The lowest BCUT2D eigenvalue weighted by Crippen LogP contribution is -2.00. The number of aromatic nitrogens is 3. The van der Waals surface area contributed by atoms with Crippen LogP contribution in [0.2, 0.25) is 0 Å². The van der Waals surface area contributed by atoms with E-state index in [1.54, 1.807) is 11.8 Å². The van der Waals surface area contributed by atoms with Crippen LogP contribution >= 0.6 is 11.8 Å². The van der Waals surface area contributed by atoms with Gasteiger partial charge >= 0.3 is 0 Å². The van der Waals surface area contributed by atoms with Gasteiger partial charge in [-0.15, -0.1) is 10.2 Å². The molecule has 0 aliphatic rings. The van der Waals surface area contributed by atoms with E-state index in [-0.39, 0.29) is 0 Å². The maximum atomic E-state index is 4.46. The molecule has 0 bridgehead atoms. The SMILES string of the molecule is CCn1c(SCc2cccc3ccccc23)nnc1-c1ccc(C)cc1. The first-order valence-electron chi connectivity index (χ1n) is 8.86. The maximum Gasteiger partial charge on any atom is 0.191 e. The smallest absolute Gasteiger partial charge is 0.191 e. The Morgan fingerprint density at radius 2 is 1.65 bits per heavy atom. The Bertz CT molecular complexity index is 1030. The van der Waals surface area contributed by atoms with E-state index in [4.69, 9.17) is 0 Å². The molecule has 0 atom stereocenters. The minimum atomic E-state index is 0.855. The Hall–Kier alpha value is -2.59. The molecule has 0 amide bonds. The molecule has 0 radical (unpaired) electrons. The van der Waals surface area contributed by atoms with Gasteiger partial charge in [0.1, 0.15) is 0 Å². The molecule has 0 saturated carbocycles. The molecular weight excluding hydrogens is 338 g/mol. The lowest BCUT2D eigenvalue weighted by Gasteiger charge is -2.09. The van der Waals surface area contributed by atoms with Gasteiger partial charge in [0, 0.05) is 17.9 Å². The van der Waals surface area contributed by atoms with Crippen molar-refractivity contribution in [1.82, 2.24) is 14.8 Å². The Kier molecular flexibility index (Phi) is 4.76. The van der Waals surface area contributed by atoms with Crippen molar-refractivity contribution in [2.45, 2.75) is 31.3 Å². The van der Waals surface area contributed by atoms with Crippen LogP contribution < -0.4 is 0 Å². The summed E-state index contributed by atoms with van der Waals surface area (Å²) in [5, 5.41) is 12.5. The fourth-order valence-electron chi connectivity index (χ4n) is 3.16. The molecule has 0 aliphatic heterocycles. The van der Waals surface area contributed by atoms with Gasteiger partial charge < -0.3 is 4.57 Å². The van der Waals surface area contributed by atoms with Crippen molar-refractivity contribution in [2.24, 2.45) is 0 Å². The van der Waals surface area contributed by atoms with E-state index >= 15 is 0 Å². The number of nitrogens with zero attached hydrogens (tertiary/aromatic N) is 3. The molecule has 0 fully saturated rings. The van der Waals surface area contributed by atoms with Crippen LogP contribution in [-0.2, 0) is 12.3 Å². The second kappa shape index (κ2) is 7.34. The molecule has 3 aromatic carbocycles. The summed E-state index contributed by atoms with van der Waals surface area (Å²) in [5.74, 6) is 1.82. The summed E-state index contributed by atoms with van der Waals surface area (Å²) < 4.78 is 2.19. The fourth-order valence-corrected chi connectivity index (χ4v) is 4.16. The third-order valence-corrected chi connectivity index (χ3v) is 5.60. The van der Waals surface area contributed by atoms with Crippen molar-refractivity contribution < 1.29 is 0 Å². The van der Waals surface area contributed by atoms with E-state index in [0.29, 0.717) is 0 Å². The number of hydrogen-bond donors (Lipinski definition) is 0. The minimum absolute atomic E-state index is 0.855. The number of hydrogen-bond acceptors (Lipinski definition) is 3. The molecule has 0 N–H and O–H groups in total. The second-order valence-corrected chi connectivity index (χ2v) is 7.29. The summed E-state index contributed by atoms with van der Waals surface area (Å²) in [6, 6.07) is 23.5. The molecule has 0 aliphatic carbocycles. The van der Waals surface area contributed by atoms with Crippen molar-refractivity contribution in [3.63, 3.8) is 0 Å². The summed E-state index contributed by atoms with van der Waals surface area (Å²) >= 11 is 1.75. The Morgan fingerprint density at radius 3 is 2.46 bits per heavy atom. The Labute approximate surface area is 158 Å². The van der Waals surface area contributed by atoms with Crippen molar-refractivity contribution in [2.75, 3.05) is 0 Å². The average Bonchev–Trinajstić information content (AvgIpc) is 3.09. The first-order valence-corrected chi connectivity index (χ1v) is 9.84. The molecule has 0 unspecified atom stereocenters. The first-order chi connectivity index (χ1) is 12.8. The van der Waals surface area contributed by atoms with Crippen molar-refractivity contribution in [1.29, 1.82) is 0 Å². The largest absolute Gasteiger partial charge is 0.302 e. The standard InChI is InChI=1S/C22H21N3S/c1-3-25-21(18-13-11-16(2)12-14-18)23-24-22(25)26-15-19-9-6-8-17-7-4-5-10-20(17)19/h4-14H,3,15H2,1-2H3. The highest BCUT2D eigenvalue weighted by Gasteiger charge is 2.13. The molecule has 4 aromatic rings. The van der Waals surface area contributed by atoms with E-state index in [1.165, 1.54) is 21.9 Å². The highest BCUT2D eigenvalue weighted by Crippen LogP contribution is 2.29. The molecule has 0 spiro atoms. The molecule has 4 rings (SSSR count). The fraction of sp³-hybridized carbons (Fsp3) is 0.182. The number of aryl methyl sites for hydroxylation is 1. The maximum absolute atomic E-state index is 4.46. The topological polar surface area (TPSA) is 30.7 Å². The first kappa shape index (κ1) is 16.9. The summed E-state index contributed by atoms with van der Waals surface area (Å²) in [6.07, 6.45) is 0. The van der Waals surface area contributed by atoms with Gasteiger partial charge in [-0.25, -0.2) is 0 Å². The second-order valence-electron chi connectivity index (χ2n) is 6.34. The van der Waals surface area contributed by atoms with E-state index in [1.807, 2.05) is 0 Å². The van der Waals surface area contributed by atoms with Gasteiger partial charge in [-0.2, -0.15) is 0 Å². The quantitative estimate of drug-likeness (QED) is 0.427. The van der Waals surface area contributed by atoms with Crippen molar-refractivity contribution >= 4 is 22.5 Å². The molecule has 1 heterocycles. The monoisotopic (exact) mass is 359 g/mol. The zero-order valence-electron chi connectivity index (χ0n) is 15.0. The molecule has 130 valence electrons. The predicted molar refractivity (Wildman–Crippen MR) is 109 cm³/mol. The van der Waals surface area contributed by atoms with Gasteiger partial charge in [0.15, 0.2) is 11.0 Å². The number of benzene rings is 3. The lowest BCUT2D eigenvalue weighted by molar-refractivity contribution is 0.687. The van der Waals surface area contributed by atoms with Crippen LogP contribution in [0.15, 0.2) is 71.9 Å². The highest BCUT2D eigenvalue weighted by atomic mass is 32.2. The number of thioether (sulfide) groups is 1. The highest BCUT2D eigenvalue weighted by molar-refractivity contribution is 7.98. The molecule has 26 heavy (non-hydrogen) atoms. The van der Waals surface area contributed by atoms with Crippen LogP contribution in [0.3, 0.4) is 0 Å². The van der Waals surface area contributed by atoms with Crippen LogP contribution in [0.4, 0.5) is 0 Å².